The summed E-state index contributed by atoms with van der Waals surface area (Å²) in [5.41, 5.74) is 3.25. The third-order valence-electron chi connectivity index (χ3n) is 5.97. The van der Waals surface area contributed by atoms with Crippen molar-refractivity contribution >= 4 is 21.9 Å². The minimum Gasteiger partial charge on any atom is -0.475 e. The number of carboxylic acids is 1. The average molecular weight is 562 g/mol. The van der Waals surface area contributed by atoms with Crippen molar-refractivity contribution in [3.8, 4) is 0 Å². The van der Waals surface area contributed by atoms with Crippen LogP contribution in [0.5, 0.6) is 0 Å². The number of carbonyl (C=O) groups excluding carboxylic acids is 1. The summed E-state index contributed by atoms with van der Waals surface area (Å²) in [7, 11) is -3.85. The van der Waals surface area contributed by atoms with E-state index in [4.69, 9.17) is 9.90 Å². The number of aliphatic carboxylic acids is 1. The van der Waals surface area contributed by atoms with Gasteiger partial charge in [0.2, 0.25) is 15.9 Å². The van der Waals surface area contributed by atoms with Gasteiger partial charge >= 0.3 is 12.1 Å². The summed E-state index contributed by atoms with van der Waals surface area (Å²) in [6.07, 6.45) is -4.98. The van der Waals surface area contributed by atoms with Crippen LogP contribution in [0.4, 0.5) is 17.6 Å². The lowest BCUT2D eigenvalue weighted by molar-refractivity contribution is -0.192. The van der Waals surface area contributed by atoms with Crippen LogP contribution < -0.4 is 5.32 Å². The third kappa shape index (κ3) is 8.77. The molecule has 0 spiro atoms. The molecular weight excluding hydrogens is 530 g/mol. The number of alkyl halides is 3. The number of sulfonamides is 1. The molecule has 2 N–H and O–H groups in total. The summed E-state index contributed by atoms with van der Waals surface area (Å²) in [4.78, 5) is 23.6. The van der Waals surface area contributed by atoms with Gasteiger partial charge in [0.15, 0.2) is 0 Å². The Morgan fingerprint density at radius 2 is 1.53 bits per heavy atom. The maximum atomic E-state index is 13.6. The Morgan fingerprint density at radius 3 is 2.05 bits per heavy atom. The zero-order valence-electron chi connectivity index (χ0n) is 21.3. The van der Waals surface area contributed by atoms with Crippen molar-refractivity contribution in [1.29, 1.82) is 0 Å². The van der Waals surface area contributed by atoms with E-state index in [1.54, 1.807) is 30.0 Å². The molecule has 1 aliphatic heterocycles. The number of amides is 1. The first-order valence-corrected chi connectivity index (χ1v) is 13.2. The van der Waals surface area contributed by atoms with Gasteiger partial charge in [-0.25, -0.2) is 17.6 Å². The molecule has 0 bridgehead atoms. The smallest absolute Gasteiger partial charge is 0.475 e. The summed E-state index contributed by atoms with van der Waals surface area (Å²) in [6, 6.07) is 9.33. The minimum absolute atomic E-state index is 0.0578. The predicted octanol–water partition coefficient (Wildman–Crippen LogP) is 3.40. The van der Waals surface area contributed by atoms with Gasteiger partial charge in [0.05, 0.1) is 4.90 Å². The van der Waals surface area contributed by atoms with E-state index in [0.717, 1.165) is 24.2 Å². The lowest BCUT2D eigenvalue weighted by Gasteiger charge is -2.29. The second-order valence-corrected chi connectivity index (χ2v) is 10.8. The van der Waals surface area contributed by atoms with E-state index in [0.29, 0.717) is 24.2 Å². The molecule has 2 aromatic rings. The highest BCUT2D eigenvalue weighted by Crippen LogP contribution is 2.25. The van der Waals surface area contributed by atoms with Gasteiger partial charge in [0, 0.05) is 45.7 Å². The number of carboxylic acid groups (broad SMARTS) is 1. The highest BCUT2D eigenvalue weighted by Gasteiger charge is 2.38. The van der Waals surface area contributed by atoms with Gasteiger partial charge in [0.1, 0.15) is 5.82 Å². The highest BCUT2D eigenvalue weighted by molar-refractivity contribution is 7.89. The first kappa shape index (κ1) is 31.2. The fourth-order valence-electron chi connectivity index (χ4n) is 3.72. The average Bonchev–Trinajstić information content (AvgIpc) is 2.85. The zero-order chi connectivity index (χ0) is 28.7. The van der Waals surface area contributed by atoms with E-state index in [1.165, 1.54) is 16.4 Å². The number of carbonyl (C=O) groups is 2. The summed E-state index contributed by atoms with van der Waals surface area (Å²) >= 11 is 0. The van der Waals surface area contributed by atoms with Gasteiger partial charge in [-0.05, 0) is 61.2 Å². The lowest BCUT2D eigenvalue weighted by atomic mass is 10.1. The molecule has 0 aliphatic carbocycles. The van der Waals surface area contributed by atoms with Gasteiger partial charge in [-0.1, -0.05) is 18.2 Å². The van der Waals surface area contributed by atoms with Gasteiger partial charge in [-0.15, -0.1) is 0 Å². The third-order valence-corrected chi connectivity index (χ3v) is 7.96. The molecule has 8 nitrogen and oxygen atoms in total. The monoisotopic (exact) mass is 561 g/mol. The van der Waals surface area contributed by atoms with E-state index < -0.39 is 22.2 Å². The number of nitrogens with zero attached hydrogens (tertiary/aromatic N) is 2. The molecule has 0 aromatic heterocycles. The lowest BCUT2D eigenvalue weighted by Crippen LogP contribution is -2.47. The molecule has 0 radical (unpaired) electrons. The molecule has 1 amide bonds. The topological polar surface area (TPSA) is 107 Å². The molecule has 1 heterocycles. The highest BCUT2D eigenvalue weighted by atomic mass is 32.2. The van der Waals surface area contributed by atoms with E-state index >= 15 is 0 Å². The van der Waals surface area contributed by atoms with Crippen molar-refractivity contribution in [1.82, 2.24) is 14.5 Å². The van der Waals surface area contributed by atoms with Crippen molar-refractivity contribution in [2.75, 3.05) is 32.7 Å². The molecular formula is C25H31F4N3O5S. The van der Waals surface area contributed by atoms with Crippen LogP contribution in [-0.2, 0) is 26.2 Å². The SMILES string of the molecule is Cc1cc(C)c(S(=O)(=O)N(CCC(=O)N2CCNCC2)Cc2ccc(F)cc2)cc1C.O=C(O)C(F)(F)F. The summed E-state index contributed by atoms with van der Waals surface area (Å²) in [5.74, 6) is -3.19. The van der Waals surface area contributed by atoms with Gasteiger partial charge in [-0.3, -0.25) is 4.79 Å². The van der Waals surface area contributed by atoms with Crippen molar-refractivity contribution in [2.24, 2.45) is 0 Å². The van der Waals surface area contributed by atoms with E-state index in [9.17, 15) is 30.8 Å². The number of halogens is 4. The van der Waals surface area contributed by atoms with Crippen LogP contribution in [0.2, 0.25) is 0 Å². The number of hydrogen-bond acceptors (Lipinski definition) is 5. The number of aryl methyl sites for hydroxylation is 3. The molecule has 3 rings (SSSR count). The Balaban J connectivity index is 0.000000638. The molecule has 1 saturated heterocycles. The van der Waals surface area contributed by atoms with E-state index in [1.807, 2.05) is 19.9 Å². The molecule has 210 valence electrons. The first-order chi connectivity index (χ1) is 17.6. The van der Waals surface area contributed by atoms with Gasteiger partial charge < -0.3 is 15.3 Å². The van der Waals surface area contributed by atoms with Crippen LogP contribution >= 0.6 is 0 Å². The Hall–Kier alpha value is -3.03. The van der Waals surface area contributed by atoms with Crippen molar-refractivity contribution < 1.29 is 40.7 Å². The normalized spacial score (nSPS) is 14.2. The van der Waals surface area contributed by atoms with E-state index in [2.05, 4.69) is 5.32 Å². The van der Waals surface area contributed by atoms with Crippen LogP contribution in [0.15, 0.2) is 41.3 Å². The van der Waals surface area contributed by atoms with Crippen molar-refractivity contribution in [3.63, 3.8) is 0 Å². The molecule has 38 heavy (non-hydrogen) atoms. The quantitative estimate of drug-likeness (QED) is 0.502. The van der Waals surface area contributed by atoms with Gasteiger partial charge in [-0.2, -0.15) is 17.5 Å². The molecule has 1 aliphatic rings. The molecule has 13 heteroatoms. The molecule has 0 unspecified atom stereocenters. The fourth-order valence-corrected chi connectivity index (χ4v) is 5.44. The van der Waals surface area contributed by atoms with Crippen LogP contribution in [0, 0.1) is 26.6 Å². The number of nitrogens with one attached hydrogen (secondary N) is 1. The van der Waals surface area contributed by atoms with E-state index in [-0.39, 0.29) is 36.1 Å². The van der Waals surface area contributed by atoms with Gasteiger partial charge in [0.25, 0.3) is 0 Å². The summed E-state index contributed by atoms with van der Waals surface area (Å²) < 4.78 is 73.6. The molecule has 2 aromatic carbocycles. The molecule has 0 atom stereocenters. The van der Waals surface area contributed by atoms with Crippen LogP contribution in [-0.4, -0.2) is 73.5 Å². The Labute approximate surface area is 219 Å². The molecule has 1 fully saturated rings. The number of benzene rings is 2. The Bertz CT molecular complexity index is 1230. The second-order valence-electron chi connectivity index (χ2n) is 8.85. The Morgan fingerprint density at radius 1 is 1.00 bits per heavy atom. The predicted molar refractivity (Wildman–Crippen MR) is 132 cm³/mol. The molecule has 0 saturated carbocycles. The number of hydrogen-bond donors (Lipinski definition) is 2. The zero-order valence-corrected chi connectivity index (χ0v) is 22.1. The van der Waals surface area contributed by atoms with Crippen LogP contribution in [0.25, 0.3) is 0 Å². The maximum Gasteiger partial charge on any atom is 0.490 e. The largest absolute Gasteiger partial charge is 0.490 e. The minimum atomic E-state index is -5.08. The van der Waals surface area contributed by atoms with Crippen LogP contribution in [0.3, 0.4) is 0 Å². The fraction of sp³-hybridized carbons (Fsp3) is 0.440. The second kappa shape index (κ2) is 13.2. The maximum absolute atomic E-state index is 13.6. The van der Waals surface area contributed by atoms with Crippen molar-refractivity contribution in [2.45, 2.75) is 44.8 Å². The summed E-state index contributed by atoms with van der Waals surface area (Å²) in [6.45, 7) is 8.48. The Kier molecular flexibility index (Phi) is 10.8. The number of piperazine rings is 1. The standard InChI is InChI=1S/C23H30FN3O3S.C2HF3O2/c1-17-14-19(3)22(15-18(17)2)31(29,30)27(16-20-4-6-21(24)7-5-20)11-8-23(28)26-12-9-25-10-13-26;3-2(4,5)1(6)7/h4-7,14-15,25H,8-13,16H2,1-3H3;(H,6,7). The first-order valence-electron chi connectivity index (χ1n) is 11.7. The van der Waals surface area contributed by atoms with Crippen LogP contribution in [0.1, 0.15) is 28.7 Å². The number of rotatable bonds is 7. The van der Waals surface area contributed by atoms with Crippen molar-refractivity contribution in [3.05, 3.63) is 64.5 Å². The summed E-state index contributed by atoms with van der Waals surface area (Å²) in [5, 5.41) is 10.3.